The van der Waals surface area contributed by atoms with E-state index in [1.807, 2.05) is 0 Å². The Hall–Kier alpha value is -3.76. The topological polar surface area (TPSA) is 115 Å². The van der Waals surface area contributed by atoms with Crippen molar-refractivity contribution >= 4 is 29.5 Å². The summed E-state index contributed by atoms with van der Waals surface area (Å²) in [6.07, 6.45) is 2.15. The lowest BCUT2D eigenvalue weighted by molar-refractivity contribution is -0.114. The standard InChI is InChI=1S/C19H19F2N7O2/c1-10-5-16(26-18(23-10)19(3,20)21)25-15-6-12(8-22-17(15)24-11(2)30)14-7-13(9-29)28(4)27-14/h5-9H,1-4H3,(H,22,24,30)(H,23,25,26). The lowest BCUT2D eigenvalue weighted by atomic mass is 10.2. The van der Waals surface area contributed by atoms with Crippen molar-refractivity contribution in [3.8, 4) is 11.3 Å². The third-order valence-electron chi connectivity index (χ3n) is 4.02. The van der Waals surface area contributed by atoms with Gasteiger partial charge in [-0.25, -0.2) is 15.0 Å². The summed E-state index contributed by atoms with van der Waals surface area (Å²) < 4.78 is 28.8. The molecule has 9 nitrogen and oxygen atoms in total. The van der Waals surface area contributed by atoms with Gasteiger partial charge in [0.05, 0.1) is 11.4 Å². The minimum atomic E-state index is -3.22. The second kappa shape index (κ2) is 7.93. The highest BCUT2D eigenvalue weighted by molar-refractivity contribution is 5.92. The van der Waals surface area contributed by atoms with Gasteiger partial charge < -0.3 is 10.6 Å². The van der Waals surface area contributed by atoms with Gasteiger partial charge in [0.1, 0.15) is 11.5 Å². The van der Waals surface area contributed by atoms with Crippen LogP contribution >= 0.6 is 0 Å². The average molecular weight is 415 g/mol. The maximum atomic E-state index is 13.7. The number of aryl methyl sites for hydroxylation is 2. The molecule has 0 bridgehead atoms. The van der Waals surface area contributed by atoms with Crippen molar-refractivity contribution in [2.24, 2.45) is 7.05 Å². The van der Waals surface area contributed by atoms with E-state index in [0.717, 1.165) is 0 Å². The maximum absolute atomic E-state index is 13.7. The number of anilines is 3. The first-order chi connectivity index (χ1) is 14.1. The Morgan fingerprint density at radius 2 is 1.97 bits per heavy atom. The zero-order valence-corrected chi connectivity index (χ0v) is 16.7. The summed E-state index contributed by atoms with van der Waals surface area (Å²) in [4.78, 5) is 34.5. The summed E-state index contributed by atoms with van der Waals surface area (Å²) in [7, 11) is 1.63. The summed E-state index contributed by atoms with van der Waals surface area (Å²) in [5, 5.41) is 9.74. The number of alkyl halides is 2. The van der Waals surface area contributed by atoms with E-state index in [1.165, 1.54) is 23.9 Å². The van der Waals surface area contributed by atoms with Crippen molar-refractivity contribution in [3.63, 3.8) is 0 Å². The Bertz CT molecular complexity index is 1120. The number of hydrogen-bond donors (Lipinski definition) is 2. The first kappa shape index (κ1) is 21.0. The predicted octanol–water partition coefficient (Wildman–Crippen LogP) is 3.21. The van der Waals surface area contributed by atoms with E-state index in [0.29, 0.717) is 41.5 Å². The molecule has 11 heteroatoms. The van der Waals surface area contributed by atoms with Crippen LogP contribution in [0.25, 0.3) is 11.3 Å². The molecule has 3 heterocycles. The zero-order chi connectivity index (χ0) is 22.1. The lowest BCUT2D eigenvalue weighted by Crippen LogP contribution is -2.15. The van der Waals surface area contributed by atoms with Gasteiger partial charge in [0.2, 0.25) is 11.7 Å². The van der Waals surface area contributed by atoms with Gasteiger partial charge >= 0.3 is 5.92 Å². The fraction of sp³-hybridized carbons (Fsp3) is 0.263. The molecule has 3 rings (SSSR count). The number of amides is 1. The third-order valence-corrected chi connectivity index (χ3v) is 4.02. The van der Waals surface area contributed by atoms with E-state index < -0.39 is 11.7 Å². The molecule has 3 aromatic heterocycles. The number of carbonyl (C=O) groups is 2. The highest BCUT2D eigenvalue weighted by Gasteiger charge is 2.29. The minimum absolute atomic E-state index is 0.110. The molecule has 2 N–H and O–H groups in total. The largest absolute Gasteiger partial charge is 0.337 e. The summed E-state index contributed by atoms with van der Waals surface area (Å²) in [5.41, 5.74) is 2.04. The first-order valence-corrected chi connectivity index (χ1v) is 8.85. The first-order valence-electron chi connectivity index (χ1n) is 8.85. The molecule has 0 atom stereocenters. The van der Waals surface area contributed by atoms with Gasteiger partial charge in [0.25, 0.3) is 0 Å². The molecule has 0 saturated carbocycles. The molecule has 30 heavy (non-hydrogen) atoms. The highest BCUT2D eigenvalue weighted by Crippen LogP contribution is 2.30. The van der Waals surface area contributed by atoms with Crippen molar-refractivity contribution < 1.29 is 18.4 Å². The fourth-order valence-corrected chi connectivity index (χ4v) is 2.67. The second-order valence-electron chi connectivity index (χ2n) is 6.73. The van der Waals surface area contributed by atoms with Crippen LogP contribution in [0.1, 0.15) is 35.9 Å². The van der Waals surface area contributed by atoms with Gasteiger partial charge in [0.15, 0.2) is 12.1 Å². The van der Waals surface area contributed by atoms with Crippen LogP contribution in [0.3, 0.4) is 0 Å². The van der Waals surface area contributed by atoms with Crippen molar-refractivity contribution in [1.29, 1.82) is 0 Å². The van der Waals surface area contributed by atoms with Crippen molar-refractivity contribution in [2.45, 2.75) is 26.7 Å². The normalized spacial score (nSPS) is 11.3. The molecular formula is C19H19F2N7O2. The molecule has 0 radical (unpaired) electrons. The van der Waals surface area contributed by atoms with E-state index in [-0.39, 0.29) is 17.5 Å². The van der Waals surface area contributed by atoms with Crippen LogP contribution in [0, 0.1) is 6.92 Å². The second-order valence-corrected chi connectivity index (χ2v) is 6.73. The van der Waals surface area contributed by atoms with Crippen LogP contribution in [-0.2, 0) is 17.8 Å². The van der Waals surface area contributed by atoms with Crippen LogP contribution in [0.4, 0.5) is 26.1 Å². The summed E-state index contributed by atoms with van der Waals surface area (Å²) in [6, 6.07) is 4.69. The number of hydrogen-bond acceptors (Lipinski definition) is 7. The quantitative estimate of drug-likeness (QED) is 0.594. The number of halogens is 2. The molecule has 0 saturated heterocycles. The van der Waals surface area contributed by atoms with Gasteiger partial charge in [-0.1, -0.05) is 0 Å². The Balaban J connectivity index is 2.06. The molecular weight excluding hydrogens is 396 g/mol. The highest BCUT2D eigenvalue weighted by atomic mass is 19.3. The predicted molar refractivity (Wildman–Crippen MR) is 106 cm³/mol. The van der Waals surface area contributed by atoms with Crippen LogP contribution in [0.5, 0.6) is 0 Å². The Labute approximate surface area is 170 Å². The molecule has 0 aliphatic rings. The summed E-state index contributed by atoms with van der Waals surface area (Å²) in [5.74, 6) is -3.92. The molecule has 0 fully saturated rings. The maximum Gasteiger partial charge on any atom is 0.303 e. The summed E-state index contributed by atoms with van der Waals surface area (Å²) >= 11 is 0. The molecule has 0 aromatic carbocycles. The van der Waals surface area contributed by atoms with Crippen molar-refractivity contribution in [2.75, 3.05) is 10.6 Å². The number of aldehydes is 1. The van der Waals surface area contributed by atoms with E-state index in [4.69, 9.17) is 0 Å². The van der Waals surface area contributed by atoms with E-state index in [9.17, 15) is 18.4 Å². The van der Waals surface area contributed by atoms with Gasteiger partial charge in [-0.2, -0.15) is 13.9 Å². The SMILES string of the molecule is CC(=O)Nc1ncc(-c2cc(C=O)n(C)n2)cc1Nc1cc(C)nc(C(C)(F)F)n1. The van der Waals surface area contributed by atoms with Crippen LogP contribution < -0.4 is 10.6 Å². The van der Waals surface area contributed by atoms with Crippen molar-refractivity contribution in [1.82, 2.24) is 24.7 Å². The Kier molecular flexibility index (Phi) is 5.54. The lowest BCUT2D eigenvalue weighted by Gasteiger charge is -2.15. The Morgan fingerprint density at radius 3 is 2.57 bits per heavy atom. The molecule has 156 valence electrons. The monoisotopic (exact) mass is 415 g/mol. The number of nitrogens with zero attached hydrogens (tertiary/aromatic N) is 5. The number of rotatable bonds is 6. The number of nitrogens with one attached hydrogen (secondary N) is 2. The van der Waals surface area contributed by atoms with Crippen molar-refractivity contribution in [3.05, 3.63) is 41.6 Å². The number of carbonyl (C=O) groups excluding carboxylic acids is 2. The molecule has 0 aliphatic heterocycles. The summed E-state index contributed by atoms with van der Waals surface area (Å²) in [6.45, 7) is 3.60. The third kappa shape index (κ3) is 4.62. The fourth-order valence-electron chi connectivity index (χ4n) is 2.67. The van der Waals surface area contributed by atoms with E-state index in [1.54, 1.807) is 26.1 Å². The van der Waals surface area contributed by atoms with Gasteiger partial charge in [-0.15, -0.1) is 0 Å². The molecule has 0 spiro atoms. The molecule has 1 amide bonds. The van der Waals surface area contributed by atoms with Gasteiger partial charge in [-0.05, 0) is 19.1 Å². The molecule has 0 unspecified atom stereocenters. The zero-order valence-electron chi connectivity index (χ0n) is 16.7. The van der Waals surface area contributed by atoms with Crippen LogP contribution in [0.15, 0.2) is 24.4 Å². The van der Waals surface area contributed by atoms with Gasteiger partial charge in [0, 0.05) is 44.4 Å². The Morgan fingerprint density at radius 1 is 1.23 bits per heavy atom. The van der Waals surface area contributed by atoms with E-state index >= 15 is 0 Å². The average Bonchev–Trinajstić information content (AvgIpc) is 3.02. The smallest absolute Gasteiger partial charge is 0.303 e. The number of pyridine rings is 1. The minimum Gasteiger partial charge on any atom is -0.337 e. The van der Waals surface area contributed by atoms with Gasteiger partial charge in [-0.3, -0.25) is 14.3 Å². The number of aromatic nitrogens is 5. The van der Waals surface area contributed by atoms with E-state index in [2.05, 4.69) is 30.7 Å². The molecule has 3 aromatic rings. The molecule has 0 aliphatic carbocycles. The van der Waals surface area contributed by atoms with Crippen LogP contribution in [0.2, 0.25) is 0 Å². The van der Waals surface area contributed by atoms with Crippen LogP contribution in [-0.4, -0.2) is 36.9 Å².